The number of amides is 12. The highest BCUT2D eigenvalue weighted by Crippen LogP contribution is 2.60. The van der Waals surface area contributed by atoms with Crippen LogP contribution in [-0.4, -0.2) is 249 Å². The number of aryl methyl sites for hydroxylation is 2. The number of aromatic hydroxyl groups is 1. The number of primary amides is 1. The lowest BCUT2D eigenvalue weighted by Gasteiger charge is -2.56. The third kappa shape index (κ3) is 27.4. The van der Waals surface area contributed by atoms with Crippen LogP contribution in [0.5, 0.6) is 5.75 Å². The molecule has 0 aromatic heterocycles. The molecule has 3 fully saturated rings. The number of phenolic OH excluding ortho intramolecular Hbond substituents is 1. The Kier molecular flexibility index (Phi) is 38.9. The molecule has 1 saturated heterocycles. The van der Waals surface area contributed by atoms with Crippen molar-refractivity contribution in [2.45, 2.75) is 268 Å². The summed E-state index contributed by atoms with van der Waals surface area (Å²) in [5.74, 6) is 0.180. The van der Waals surface area contributed by atoms with E-state index in [2.05, 4.69) is 78.9 Å². The Morgan fingerprint density at radius 3 is 1.79 bits per heavy atom. The van der Waals surface area contributed by atoms with E-state index in [0.717, 1.165) is 71.9 Å². The second kappa shape index (κ2) is 50.1. The Labute approximate surface area is 795 Å². The summed E-state index contributed by atoms with van der Waals surface area (Å²) in [7, 11) is 0. The fourth-order valence-electron chi connectivity index (χ4n) is 20.8. The number of imide groups is 1. The largest absolute Gasteiger partial charge is 0.508 e. The predicted molar refractivity (Wildman–Crippen MR) is 503 cm³/mol. The predicted octanol–water partition coefficient (Wildman–Crippen LogP) is 4.23. The summed E-state index contributed by atoms with van der Waals surface area (Å²) in [6.45, 7) is 11.6. The minimum absolute atomic E-state index is 0.0000555. The molecule has 36 heteroatoms. The Hall–Kier alpha value is -10.7. The van der Waals surface area contributed by atoms with Crippen molar-refractivity contribution in [2.24, 2.45) is 40.1 Å². The first kappa shape index (κ1) is 106. The minimum Gasteiger partial charge on any atom is -0.508 e. The molecule has 5 aliphatic carbocycles. The van der Waals surface area contributed by atoms with E-state index in [0.29, 0.717) is 81.4 Å². The van der Waals surface area contributed by atoms with Gasteiger partial charge in [0.15, 0.2) is 6.23 Å². The van der Waals surface area contributed by atoms with E-state index in [9.17, 15) is 78.6 Å². The monoisotopic (exact) mass is 1890 g/mol. The van der Waals surface area contributed by atoms with Gasteiger partial charge in [-0.15, -0.1) is 0 Å². The highest BCUT2D eigenvalue weighted by Gasteiger charge is 2.59. The van der Waals surface area contributed by atoms with Gasteiger partial charge in [0.2, 0.25) is 59.1 Å². The first-order valence-electron chi connectivity index (χ1n) is 48.2. The number of phenols is 1. The molecule has 0 spiro atoms. The number of anilines is 2. The number of aliphatic hydroxyl groups excluding tert-OH is 5. The van der Waals surface area contributed by atoms with Crippen LogP contribution in [0.15, 0.2) is 96.3 Å². The van der Waals surface area contributed by atoms with Gasteiger partial charge < -0.3 is 123 Å². The van der Waals surface area contributed by atoms with E-state index in [-0.39, 0.29) is 176 Å². The van der Waals surface area contributed by atoms with E-state index < -0.39 is 144 Å². The number of nitrogens with zero attached hydrogens (tertiary/aromatic N) is 1. The van der Waals surface area contributed by atoms with Crippen molar-refractivity contribution in [3.8, 4) is 17.6 Å². The number of hydrogen-bond acceptors (Lipinski definition) is 25. The molecule has 11 rings (SSSR count). The number of urea groups is 1. The van der Waals surface area contributed by atoms with E-state index in [1.165, 1.54) is 5.56 Å². The Morgan fingerprint density at radius 1 is 0.544 bits per heavy atom. The van der Waals surface area contributed by atoms with Gasteiger partial charge in [-0.05, 0) is 202 Å². The van der Waals surface area contributed by atoms with Gasteiger partial charge in [-0.2, -0.15) is 0 Å². The molecule has 2 heterocycles. The minimum atomic E-state index is -1.63. The molecule has 0 radical (unpaired) electrons. The van der Waals surface area contributed by atoms with Crippen molar-refractivity contribution in [1.82, 2.24) is 47.9 Å². The van der Waals surface area contributed by atoms with E-state index in [1.54, 1.807) is 30.9 Å². The molecule has 2 aliphatic heterocycles. The molecule has 36 nitrogen and oxygen atoms in total. The maximum Gasteiger partial charge on any atom is 0.312 e. The van der Waals surface area contributed by atoms with Crippen LogP contribution < -0.4 is 69.5 Å². The van der Waals surface area contributed by atoms with E-state index in [1.807, 2.05) is 86.6 Å². The number of nitrogens with two attached hydrogens (primary N) is 2. The maximum absolute atomic E-state index is 15.0. The number of nitrogens with one attached hydrogen (secondary N) is 10. The summed E-state index contributed by atoms with van der Waals surface area (Å²) in [5, 5.41) is 90.6. The number of ether oxygens (including phenoxy) is 6. The number of carbonyl (C=O) groups is 11. The number of aliphatic hydroxyl groups is 5. The van der Waals surface area contributed by atoms with Crippen LogP contribution >= 0.6 is 0 Å². The summed E-state index contributed by atoms with van der Waals surface area (Å²) in [6, 6.07) is 19.7. The maximum atomic E-state index is 15.0. The molecule has 2 unspecified atom stereocenters. The molecule has 20 N–H and O–H groups in total. The van der Waals surface area contributed by atoms with E-state index >= 15 is 4.79 Å². The number of benzene rings is 4. The number of hydrogen-bond donors (Lipinski definition) is 18. The second-order valence-electron chi connectivity index (χ2n) is 38.2. The van der Waals surface area contributed by atoms with Crippen molar-refractivity contribution in [3.05, 3.63) is 135 Å². The molecule has 12 amide bonds. The molecule has 744 valence electrons. The smallest absolute Gasteiger partial charge is 0.312 e. The molecule has 16 atom stereocenters. The van der Waals surface area contributed by atoms with Gasteiger partial charge in [-0.1, -0.05) is 122 Å². The zero-order chi connectivity index (χ0) is 97.9. The van der Waals surface area contributed by atoms with Gasteiger partial charge in [0.25, 0.3) is 0 Å². The highest BCUT2D eigenvalue weighted by atomic mass is 16.6. The highest BCUT2D eigenvalue weighted by molar-refractivity contribution is 6.02. The van der Waals surface area contributed by atoms with Crippen LogP contribution in [0, 0.1) is 40.4 Å². The van der Waals surface area contributed by atoms with Gasteiger partial charge >= 0.3 is 6.03 Å². The summed E-state index contributed by atoms with van der Waals surface area (Å²) in [4.78, 5) is 155. The van der Waals surface area contributed by atoms with Gasteiger partial charge in [-0.25, -0.2) is 4.79 Å². The van der Waals surface area contributed by atoms with Gasteiger partial charge in [0.1, 0.15) is 60.9 Å². The molecule has 7 aliphatic rings. The summed E-state index contributed by atoms with van der Waals surface area (Å²) in [6.07, 6.45) is 2.42. The van der Waals surface area contributed by atoms with Gasteiger partial charge in [-0.3, -0.25) is 53.3 Å². The summed E-state index contributed by atoms with van der Waals surface area (Å²) >= 11 is 0. The zero-order valence-corrected chi connectivity index (χ0v) is 79.2. The second-order valence-corrected chi connectivity index (χ2v) is 38.2. The van der Waals surface area contributed by atoms with Crippen molar-refractivity contribution < 1.29 is 112 Å². The number of fused-ring (bicyclic) bond motifs is 8. The van der Waals surface area contributed by atoms with Crippen LogP contribution in [-0.2, 0) is 107 Å². The van der Waals surface area contributed by atoms with Crippen molar-refractivity contribution in [3.63, 3.8) is 0 Å². The Bertz CT molecular complexity index is 4930. The van der Waals surface area contributed by atoms with Crippen LogP contribution in [0.3, 0.4) is 0 Å². The first-order valence-corrected chi connectivity index (χ1v) is 48.2. The number of unbranched alkanes of at least 4 members (excludes halogenated alkanes) is 1. The SMILES string of the molecule is CC(C)[C@H](NC(=O)[C@@H](CCCCNC(=O)COC1CCCCC/C(N[C@@H]2O[C@H](CO)[C@H](O)[C@H](O)[C@H]2O)=C\1N)NC(=O)CCOCCOCCOCCOCCNC(=O)CCC(=O)N1Cc2ccccc2C#Cc2ccccc21)C(=O)N[C@@H](CCCNC(N)=O)C(=O)NC(CO)C(=O)Nc1ccc2c(c1)[C@@]1(C)CCC[C@](C)(C(=O)NC(=O)[C@@]3(C)CCC[C@]4(C)c5cc(O)ccc5CC[C@@H]34)[C@@H]1CC2. The standard InChI is InChI=1S/C100H141N13O23/c1-61(2)85(92(127)108-73(24-16-45-105-96(102)130)89(124)109-74(58-114)91(126)106-67-33-29-63-31-35-78-97(3,69(63)55-67)40-17-42-99(78,5)94(128)112-95(129)100(6)43-18-41-98(4)70-56-68(116)34-30-64(70)32-36-79(98)100)111-90(125)72(23-14-15-44-103-82(119)60-135-76-26-9-7-8-22-71(84(76)101)110-93-88(123)87(122)86(121)77(59-115)136-93)107-81(118)39-47-131-49-51-133-53-54-134-52-50-132-48-46-104-80(117)37-38-83(120)113-57-66-21-11-10-19-62(66)27-28-65-20-12-13-25-75(65)113/h10-13,19-21,25,29-30,33-34,55-56,61,72-74,76-79,85-88,93,110,114-116,121-123H,7-9,14-18,22-24,26,31-32,35-54,57-60,101H2,1-6H3,(H,103,119)(H,104,117)(H,106,126)(H,107,118)(H,108,127)(H,109,124)(H,111,125)(H3,102,105,130)(H,112,128,129)/b84-71-/t72-,73+,74?,76?,77-,78-,79-,85+,86+,87+,88-,93-,97-,98-,99+,100+/m1/s1. The molecule has 4 aromatic rings. The average molecular weight is 1890 g/mol. The zero-order valence-electron chi connectivity index (χ0n) is 79.2. The molecular formula is C100H141N13O23. The van der Waals surface area contributed by atoms with Crippen molar-refractivity contribution in [2.75, 3.05) is 103 Å². The molecule has 0 bridgehead atoms. The summed E-state index contributed by atoms with van der Waals surface area (Å²) in [5.41, 5.74) is 17.7. The third-order valence-electron chi connectivity index (χ3n) is 28.4. The number of rotatable bonds is 46. The third-order valence-corrected chi connectivity index (χ3v) is 28.4. The normalized spacial score (nSPS) is 25.2. The van der Waals surface area contributed by atoms with Crippen LogP contribution in [0.4, 0.5) is 16.2 Å². The first-order chi connectivity index (χ1) is 65.2. The Balaban J connectivity index is 0.657. The van der Waals surface area contributed by atoms with Gasteiger partial charge in [0.05, 0.1) is 101 Å². The average Bonchev–Trinajstić information content (AvgIpc) is 0.716. The fourth-order valence-corrected chi connectivity index (χ4v) is 20.8. The van der Waals surface area contributed by atoms with E-state index in [4.69, 9.17) is 39.9 Å². The lowest BCUT2D eigenvalue weighted by Crippen LogP contribution is -2.62. The van der Waals surface area contributed by atoms with Gasteiger partial charge in [0, 0.05) is 61.4 Å². The van der Waals surface area contributed by atoms with Crippen molar-refractivity contribution in [1.29, 1.82) is 0 Å². The van der Waals surface area contributed by atoms with Crippen LogP contribution in [0.1, 0.15) is 215 Å². The molecular weight excluding hydrogens is 1750 g/mol. The summed E-state index contributed by atoms with van der Waals surface area (Å²) < 4.78 is 34.4. The van der Waals surface area contributed by atoms with Crippen molar-refractivity contribution >= 4 is 76.5 Å². The molecule has 136 heavy (non-hydrogen) atoms. The number of carbonyl (C=O) groups excluding carboxylic acids is 11. The quantitative estimate of drug-likeness (QED) is 0.0167. The lowest BCUT2D eigenvalue weighted by atomic mass is 9.49. The topological polar surface area (TPSA) is 540 Å². The Morgan fingerprint density at radius 2 is 1.13 bits per heavy atom. The van der Waals surface area contributed by atoms with Crippen LogP contribution in [0.2, 0.25) is 0 Å². The molecule has 2 saturated carbocycles. The fraction of sp³-hybridized carbons (Fsp3) is 0.610. The van der Waals surface area contributed by atoms with Crippen LogP contribution in [0.25, 0.3) is 0 Å². The number of para-hydroxylation sites is 1. The number of allylic oxidation sites excluding steroid dienone is 1. The molecule has 4 aromatic carbocycles. The lowest BCUT2D eigenvalue weighted by molar-refractivity contribution is -0.234.